The van der Waals surface area contributed by atoms with Crippen LogP contribution in [0, 0.1) is 0 Å². The smallest absolute Gasteiger partial charge is 0.356 e. The van der Waals surface area contributed by atoms with Gasteiger partial charge in [0.15, 0.2) is 5.96 Å². The summed E-state index contributed by atoms with van der Waals surface area (Å²) >= 11 is 5.74. The van der Waals surface area contributed by atoms with Crippen molar-refractivity contribution in [2.24, 2.45) is 4.99 Å². The average molecular weight is 428 g/mol. The zero-order valence-electron chi connectivity index (χ0n) is 15.7. The lowest BCUT2D eigenvalue weighted by Crippen LogP contribution is -2.42. The molecule has 0 aliphatic heterocycles. The molecule has 0 aliphatic rings. The number of amides is 1. The van der Waals surface area contributed by atoms with Gasteiger partial charge in [0.2, 0.25) is 0 Å². The summed E-state index contributed by atoms with van der Waals surface area (Å²) < 4.78 is 37.6. The van der Waals surface area contributed by atoms with Crippen molar-refractivity contribution in [2.45, 2.75) is 12.6 Å². The third-order valence-corrected chi connectivity index (χ3v) is 4.12. The van der Waals surface area contributed by atoms with Gasteiger partial charge in [0.05, 0.1) is 5.56 Å². The lowest BCUT2D eigenvalue weighted by Gasteiger charge is -2.12. The molecule has 1 aromatic heterocycles. The second-order valence-corrected chi connectivity index (χ2v) is 6.38. The fourth-order valence-corrected chi connectivity index (χ4v) is 2.48. The summed E-state index contributed by atoms with van der Waals surface area (Å²) in [6, 6.07) is 7.69. The van der Waals surface area contributed by atoms with Crippen molar-refractivity contribution in [1.29, 1.82) is 0 Å². The molecule has 2 rings (SSSR count). The third-order valence-electron chi connectivity index (χ3n) is 3.90. The molecule has 0 spiro atoms. The quantitative estimate of drug-likeness (QED) is 0.275. The number of nitrogens with zero attached hydrogens (tertiary/aromatic N) is 2. The summed E-state index contributed by atoms with van der Waals surface area (Å²) in [6.07, 6.45) is -1.99. The zero-order valence-corrected chi connectivity index (χ0v) is 16.4. The Bertz CT molecular complexity index is 823. The molecule has 0 aliphatic carbocycles. The molecule has 0 saturated heterocycles. The maximum absolute atomic E-state index is 12.5. The van der Waals surface area contributed by atoms with Crippen LogP contribution in [0.1, 0.15) is 21.5 Å². The molecule has 0 atom stereocenters. The summed E-state index contributed by atoms with van der Waals surface area (Å²) in [7, 11) is 1.62. The monoisotopic (exact) mass is 427 g/mol. The van der Waals surface area contributed by atoms with Gasteiger partial charge in [-0.2, -0.15) is 13.2 Å². The van der Waals surface area contributed by atoms with E-state index >= 15 is 0 Å². The number of hydrogen-bond donors (Lipinski definition) is 3. The van der Waals surface area contributed by atoms with Gasteiger partial charge in [-0.25, -0.2) is 4.98 Å². The Morgan fingerprint density at radius 2 is 1.69 bits per heavy atom. The van der Waals surface area contributed by atoms with Crippen LogP contribution in [0.3, 0.4) is 0 Å². The van der Waals surface area contributed by atoms with Crippen molar-refractivity contribution in [3.05, 3.63) is 64.4 Å². The van der Waals surface area contributed by atoms with Gasteiger partial charge in [-0.3, -0.25) is 9.79 Å². The Morgan fingerprint density at radius 1 is 1.03 bits per heavy atom. The minimum Gasteiger partial charge on any atom is -0.356 e. The van der Waals surface area contributed by atoms with Gasteiger partial charge in [0.1, 0.15) is 5.15 Å². The van der Waals surface area contributed by atoms with Crippen LogP contribution >= 0.6 is 11.6 Å². The minimum absolute atomic E-state index is 0.164. The largest absolute Gasteiger partial charge is 0.416 e. The van der Waals surface area contributed by atoms with Crippen LogP contribution in [0.4, 0.5) is 13.2 Å². The zero-order chi connectivity index (χ0) is 21.3. The lowest BCUT2D eigenvalue weighted by atomic mass is 10.1. The number of rotatable bonds is 7. The molecule has 0 saturated carbocycles. The molecule has 10 heteroatoms. The topological polar surface area (TPSA) is 78.4 Å². The number of aliphatic imine (C=N–C) groups is 1. The fraction of sp³-hybridized carbons (Fsp3) is 0.316. The first-order chi connectivity index (χ1) is 13.8. The van der Waals surface area contributed by atoms with E-state index in [1.165, 1.54) is 0 Å². The first kappa shape index (κ1) is 22.5. The maximum atomic E-state index is 12.5. The van der Waals surface area contributed by atoms with Gasteiger partial charge in [-0.05, 0) is 42.3 Å². The van der Waals surface area contributed by atoms with Crippen LogP contribution in [0.25, 0.3) is 0 Å². The van der Waals surface area contributed by atoms with E-state index in [9.17, 15) is 18.0 Å². The molecule has 0 unspecified atom stereocenters. The standard InChI is InChI=1S/C19H21ClF3N5O/c1-24-18(26-9-8-13-2-7-16(20)28-12-13)27-11-10-25-17(29)14-3-5-15(6-4-14)19(21,22)23/h2-7,12H,8-11H2,1H3,(H,25,29)(H2,24,26,27). The molecule has 0 fully saturated rings. The lowest BCUT2D eigenvalue weighted by molar-refractivity contribution is -0.137. The SMILES string of the molecule is CN=C(NCCNC(=O)c1ccc(C(F)(F)F)cc1)NCCc1ccc(Cl)nc1. The summed E-state index contributed by atoms with van der Waals surface area (Å²) in [5.74, 6) is 0.120. The van der Waals surface area contributed by atoms with Crippen LogP contribution in [0.15, 0.2) is 47.6 Å². The Morgan fingerprint density at radius 3 is 2.28 bits per heavy atom. The van der Waals surface area contributed by atoms with Crippen LogP contribution < -0.4 is 16.0 Å². The number of aromatic nitrogens is 1. The summed E-state index contributed by atoms with van der Waals surface area (Å²) in [5, 5.41) is 9.25. The number of alkyl halides is 3. The van der Waals surface area contributed by atoms with Gasteiger partial charge in [0.25, 0.3) is 5.91 Å². The summed E-state index contributed by atoms with van der Waals surface area (Å²) in [5.41, 5.74) is 0.401. The van der Waals surface area contributed by atoms with E-state index in [-0.39, 0.29) is 12.1 Å². The number of halogens is 4. The van der Waals surface area contributed by atoms with Crippen molar-refractivity contribution in [2.75, 3.05) is 26.7 Å². The van der Waals surface area contributed by atoms with E-state index in [1.807, 2.05) is 6.07 Å². The predicted octanol–water partition coefficient (Wildman–Crippen LogP) is 2.89. The van der Waals surface area contributed by atoms with Crippen molar-refractivity contribution < 1.29 is 18.0 Å². The molecule has 6 nitrogen and oxygen atoms in total. The Hall–Kier alpha value is -2.81. The number of nitrogens with one attached hydrogen (secondary N) is 3. The van der Waals surface area contributed by atoms with E-state index in [1.54, 1.807) is 19.3 Å². The molecule has 2 aromatic rings. The molecule has 3 N–H and O–H groups in total. The second kappa shape index (κ2) is 10.7. The van der Waals surface area contributed by atoms with Crippen molar-refractivity contribution in [3.8, 4) is 0 Å². The van der Waals surface area contributed by atoms with Crippen LogP contribution in [-0.2, 0) is 12.6 Å². The minimum atomic E-state index is -4.42. The van der Waals surface area contributed by atoms with E-state index in [0.717, 1.165) is 36.2 Å². The molecule has 29 heavy (non-hydrogen) atoms. The van der Waals surface area contributed by atoms with Gasteiger partial charge in [0, 0.05) is 38.4 Å². The summed E-state index contributed by atoms with van der Waals surface area (Å²) in [4.78, 5) is 20.1. The number of guanidine groups is 1. The Balaban J connectivity index is 1.68. The second-order valence-electron chi connectivity index (χ2n) is 6.00. The molecule has 1 heterocycles. The normalized spacial score (nSPS) is 11.8. The van der Waals surface area contributed by atoms with Gasteiger partial charge < -0.3 is 16.0 Å². The average Bonchev–Trinajstić information content (AvgIpc) is 2.70. The number of carbonyl (C=O) groups is 1. The van der Waals surface area contributed by atoms with Crippen molar-refractivity contribution in [3.63, 3.8) is 0 Å². The van der Waals surface area contributed by atoms with E-state index in [0.29, 0.717) is 24.2 Å². The predicted molar refractivity (Wildman–Crippen MR) is 106 cm³/mol. The van der Waals surface area contributed by atoms with E-state index in [4.69, 9.17) is 11.6 Å². The fourth-order valence-electron chi connectivity index (χ4n) is 2.37. The number of carbonyl (C=O) groups excluding carboxylic acids is 1. The third kappa shape index (κ3) is 7.61. The van der Waals surface area contributed by atoms with E-state index in [2.05, 4.69) is 25.9 Å². The van der Waals surface area contributed by atoms with Crippen LogP contribution in [0.5, 0.6) is 0 Å². The maximum Gasteiger partial charge on any atom is 0.416 e. The molecule has 1 amide bonds. The van der Waals surface area contributed by atoms with Crippen LogP contribution in [0.2, 0.25) is 5.15 Å². The first-order valence-electron chi connectivity index (χ1n) is 8.80. The number of pyridine rings is 1. The highest BCUT2D eigenvalue weighted by Crippen LogP contribution is 2.29. The molecule has 0 radical (unpaired) electrons. The highest BCUT2D eigenvalue weighted by atomic mass is 35.5. The first-order valence-corrected chi connectivity index (χ1v) is 9.18. The highest BCUT2D eigenvalue weighted by molar-refractivity contribution is 6.29. The van der Waals surface area contributed by atoms with Crippen molar-refractivity contribution >= 4 is 23.5 Å². The molecule has 1 aromatic carbocycles. The Kier molecular flexibility index (Phi) is 8.26. The van der Waals surface area contributed by atoms with E-state index < -0.39 is 17.6 Å². The Labute approximate surface area is 171 Å². The molecular formula is C19H21ClF3N5O. The molecule has 156 valence electrons. The summed E-state index contributed by atoms with van der Waals surface area (Å²) in [6.45, 7) is 1.30. The molecule has 0 bridgehead atoms. The molecular weight excluding hydrogens is 407 g/mol. The van der Waals surface area contributed by atoms with Gasteiger partial charge in [-0.15, -0.1) is 0 Å². The number of benzene rings is 1. The highest BCUT2D eigenvalue weighted by Gasteiger charge is 2.30. The van der Waals surface area contributed by atoms with Gasteiger partial charge >= 0.3 is 6.18 Å². The van der Waals surface area contributed by atoms with Crippen molar-refractivity contribution in [1.82, 2.24) is 20.9 Å². The van der Waals surface area contributed by atoms with Crippen LogP contribution in [-0.4, -0.2) is 43.5 Å². The number of hydrogen-bond acceptors (Lipinski definition) is 3. The van der Waals surface area contributed by atoms with Gasteiger partial charge in [-0.1, -0.05) is 17.7 Å².